The Balaban J connectivity index is 1.30. The van der Waals surface area contributed by atoms with Gasteiger partial charge in [-0.15, -0.1) is 0 Å². The highest BCUT2D eigenvalue weighted by molar-refractivity contribution is 7.99. The van der Waals surface area contributed by atoms with Crippen LogP contribution in [0.4, 0.5) is 5.69 Å². The second-order valence-electron chi connectivity index (χ2n) is 9.23. The van der Waals surface area contributed by atoms with Crippen LogP contribution >= 0.6 is 35.6 Å². The maximum Gasteiger partial charge on any atom is 0.174 e. The molecule has 2 aliphatic rings. The van der Waals surface area contributed by atoms with E-state index in [0.29, 0.717) is 16.2 Å². The molecule has 1 aliphatic carbocycles. The summed E-state index contributed by atoms with van der Waals surface area (Å²) in [7, 11) is 0. The third kappa shape index (κ3) is 5.35. The van der Waals surface area contributed by atoms with Crippen molar-refractivity contribution in [3.8, 4) is 5.75 Å². The van der Waals surface area contributed by atoms with Crippen LogP contribution in [-0.4, -0.2) is 16.2 Å². The lowest BCUT2D eigenvalue weighted by molar-refractivity contribution is 0.210. The fourth-order valence-corrected chi connectivity index (χ4v) is 6.22. The van der Waals surface area contributed by atoms with Crippen molar-refractivity contribution in [3.63, 3.8) is 0 Å². The Kier molecular flexibility index (Phi) is 7.09. The van der Waals surface area contributed by atoms with Crippen LogP contribution in [0.2, 0.25) is 5.02 Å². The van der Waals surface area contributed by atoms with Crippen molar-refractivity contribution in [1.29, 1.82) is 0 Å². The number of pyridine rings is 1. The van der Waals surface area contributed by atoms with E-state index < -0.39 is 0 Å². The highest BCUT2D eigenvalue weighted by Crippen LogP contribution is 2.43. The monoisotopic (exact) mass is 547 g/mol. The topological polar surface area (TPSA) is 50.5 Å². The van der Waals surface area contributed by atoms with Gasteiger partial charge in [0.15, 0.2) is 10.2 Å². The number of halogens is 1. The molecule has 2 atom stereocenters. The molecule has 2 unspecified atom stereocenters. The van der Waals surface area contributed by atoms with Crippen LogP contribution in [0.1, 0.15) is 49.2 Å². The van der Waals surface area contributed by atoms with Gasteiger partial charge in [-0.25, -0.2) is 0 Å². The van der Waals surface area contributed by atoms with Crippen LogP contribution < -0.4 is 15.0 Å². The molecule has 0 bridgehead atoms. The summed E-state index contributed by atoms with van der Waals surface area (Å²) < 4.78 is 12.6. The first-order valence-corrected chi connectivity index (χ1v) is 14.0. The summed E-state index contributed by atoms with van der Waals surface area (Å²) in [4.78, 5) is 7.80. The molecule has 1 saturated heterocycles. The third-order valence-electron chi connectivity index (χ3n) is 6.74. The number of hydrogen-bond acceptors (Lipinski definition) is 5. The molecule has 4 aromatic rings. The molecule has 6 rings (SSSR count). The van der Waals surface area contributed by atoms with E-state index in [0.717, 1.165) is 45.7 Å². The third-order valence-corrected chi connectivity index (χ3v) is 8.24. The highest BCUT2D eigenvalue weighted by atomic mass is 35.5. The number of hydrogen-bond donors (Lipinski definition) is 1. The van der Waals surface area contributed by atoms with E-state index in [-0.39, 0.29) is 12.1 Å². The van der Waals surface area contributed by atoms with E-state index in [1.807, 2.05) is 66.7 Å². The molecule has 2 fully saturated rings. The molecule has 0 amide bonds. The summed E-state index contributed by atoms with van der Waals surface area (Å²) in [6, 6.07) is 25.5. The number of nitrogens with zero attached hydrogens (tertiary/aromatic N) is 2. The van der Waals surface area contributed by atoms with E-state index in [1.165, 1.54) is 12.8 Å². The average molecular weight is 548 g/mol. The van der Waals surface area contributed by atoms with Crippen LogP contribution in [0.25, 0.3) is 0 Å². The maximum absolute atomic E-state index is 6.40. The molecule has 37 heavy (non-hydrogen) atoms. The standard InChI is InChI=1S/C29H26ClN3O2S2/c30-19-8-14-23(15-9-19)37-26-17-16-25(35-26)28-27(24-7-3-4-18-31-24)32-29(36)33(28)20-10-12-22(13-11-20)34-21-5-1-2-6-21/h3-4,7-18,21,27-28H,1-2,5-6H2,(H,32,36). The quantitative estimate of drug-likeness (QED) is 0.235. The molecule has 1 aliphatic heterocycles. The van der Waals surface area contributed by atoms with Crippen LogP contribution in [0.5, 0.6) is 5.75 Å². The molecule has 8 heteroatoms. The van der Waals surface area contributed by atoms with E-state index in [4.69, 9.17) is 33.0 Å². The van der Waals surface area contributed by atoms with Gasteiger partial charge < -0.3 is 19.4 Å². The SMILES string of the molecule is S=C1NC(c2ccccn2)C(c2ccc(Sc3ccc(Cl)cc3)o2)N1c1ccc(OC2CCCC2)cc1. The van der Waals surface area contributed by atoms with Crippen molar-refractivity contribution in [2.24, 2.45) is 0 Å². The number of anilines is 1. The summed E-state index contributed by atoms with van der Waals surface area (Å²) in [5, 5.41) is 5.63. The highest BCUT2D eigenvalue weighted by Gasteiger charge is 2.42. The number of aromatic nitrogens is 1. The molecular weight excluding hydrogens is 522 g/mol. The van der Waals surface area contributed by atoms with E-state index in [9.17, 15) is 0 Å². The van der Waals surface area contributed by atoms with Gasteiger partial charge in [0.05, 0.1) is 17.8 Å². The first-order valence-electron chi connectivity index (χ1n) is 12.4. The van der Waals surface area contributed by atoms with Gasteiger partial charge in [-0.3, -0.25) is 4.98 Å². The smallest absolute Gasteiger partial charge is 0.174 e. The van der Waals surface area contributed by atoms with E-state index >= 15 is 0 Å². The fourth-order valence-electron chi connectivity index (χ4n) is 4.97. The summed E-state index contributed by atoms with van der Waals surface area (Å²) in [6.45, 7) is 0. The Morgan fingerprint density at radius 3 is 2.49 bits per heavy atom. The lowest BCUT2D eigenvalue weighted by atomic mass is 10.0. The molecule has 3 heterocycles. The van der Waals surface area contributed by atoms with Crippen molar-refractivity contribution >= 4 is 46.4 Å². The minimum absolute atomic E-state index is 0.164. The van der Waals surface area contributed by atoms with Crippen molar-refractivity contribution in [2.75, 3.05) is 4.90 Å². The van der Waals surface area contributed by atoms with Gasteiger partial charge in [0, 0.05) is 21.8 Å². The first kappa shape index (κ1) is 24.3. The van der Waals surface area contributed by atoms with Crippen LogP contribution in [-0.2, 0) is 0 Å². The zero-order valence-corrected chi connectivity index (χ0v) is 22.4. The summed E-state index contributed by atoms with van der Waals surface area (Å²) in [5.41, 5.74) is 1.88. The molecule has 0 spiro atoms. The molecule has 188 valence electrons. The van der Waals surface area contributed by atoms with E-state index in [2.05, 4.69) is 27.3 Å². The van der Waals surface area contributed by atoms with Crippen LogP contribution in [0.15, 0.2) is 99.5 Å². The molecule has 2 aromatic heterocycles. The van der Waals surface area contributed by atoms with Gasteiger partial charge in [0.2, 0.25) is 0 Å². The fraction of sp³-hybridized carbons (Fsp3) is 0.241. The maximum atomic E-state index is 6.40. The van der Waals surface area contributed by atoms with E-state index in [1.54, 1.807) is 18.0 Å². The molecule has 2 aromatic carbocycles. The Morgan fingerprint density at radius 1 is 0.973 bits per heavy atom. The first-order chi connectivity index (χ1) is 18.1. The molecule has 5 nitrogen and oxygen atoms in total. The molecule has 0 radical (unpaired) electrons. The zero-order valence-electron chi connectivity index (χ0n) is 20.0. The lowest BCUT2D eigenvalue weighted by Crippen LogP contribution is -2.29. The summed E-state index contributed by atoms with van der Waals surface area (Å²) >= 11 is 13.5. The Labute approximate surface area is 231 Å². The molecule has 1 N–H and O–H groups in total. The Hall–Kier alpha value is -3.00. The van der Waals surface area contributed by atoms with Crippen LogP contribution in [0, 0.1) is 0 Å². The minimum Gasteiger partial charge on any atom is -0.490 e. The van der Waals surface area contributed by atoms with Gasteiger partial charge in [0.25, 0.3) is 0 Å². The number of benzene rings is 2. The lowest BCUT2D eigenvalue weighted by Gasteiger charge is -2.26. The largest absolute Gasteiger partial charge is 0.490 e. The Bertz CT molecular complexity index is 1360. The number of rotatable bonds is 7. The van der Waals surface area contributed by atoms with Crippen molar-refractivity contribution in [2.45, 2.75) is 53.9 Å². The predicted molar refractivity (Wildman–Crippen MR) is 152 cm³/mol. The summed E-state index contributed by atoms with van der Waals surface area (Å²) in [6.07, 6.45) is 6.87. The minimum atomic E-state index is -0.205. The van der Waals surface area contributed by atoms with Crippen molar-refractivity contribution in [1.82, 2.24) is 10.3 Å². The van der Waals surface area contributed by atoms with Crippen molar-refractivity contribution in [3.05, 3.63) is 102 Å². The van der Waals surface area contributed by atoms with Gasteiger partial charge in [0.1, 0.15) is 17.6 Å². The van der Waals surface area contributed by atoms with Crippen LogP contribution in [0.3, 0.4) is 0 Å². The number of ether oxygens (including phenoxy) is 1. The second-order valence-corrected chi connectivity index (χ2v) is 11.1. The normalized spacial score (nSPS) is 19.8. The van der Waals surface area contributed by atoms with Gasteiger partial charge in [-0.05, 0) is 111 Å². The molecular formula is C29H26ClN3O2S2. The van der Waals surface area contributed by atoms with Gasteiger partial charge >= 0.3 is 0 Å². The second kappa shape index (κ2) is 10.8. The predicted octanol–water partition coefficient (Wildman–Crippen LogP) is 7.98. The number of thiocarbonyl (C=S) groups is 1. The Morgan fingerprint density at radius 2 is 1.76 bits per heavy atom. The summed E-state index contributed by atoms with van der Waals surface area (Å²) in [5.74, 6) is 1.71. The average Bonchev–Trinajstić information content (AvgIpc) is 3.67. The zero-order chi connectivity index (χ0) is 25.2. The molecule has 1 saturated carbocycles. The number of furan rings is 1. The van der Waals surface area contributed by atoms with Gasteiger partial charge in [-0.2, -0.15) is 0 Å². The number of nitrogens with one attached hydrogen (secondary N) is 1. The van der Waals surface area contributed by atoms with Gasteiger partial charge in [-0.1, -0.05) is 29.4 Å². The van der Waals surface area contributed by atoms with Crippen molar-refractivity contribution < 1.29 is 9.15 Å².